The van der Waals surface area contributed by atoms with Gasteiger partial charge in [-0.2, -0.15) is 0 Å². The van der Waals surface area contributed by atoms with Crippen LogP contribution in [-0.4, -0.2) is 37.0 Å². The topological polar surface area (TPSA) is 96.6 Å². The Hall–Kier alpha value is -1.34. The van der Waals surface area contributed by atoms with Crippen LogP contribution in [0.15, 0.2) is 16.7 Å². The summed E-state index contributed by atoms with van der Waals surface area (Å²) in [6, 6.07) is 1.50. The molecule has 0 saturated carbocycles. The first-order valence-electron chi connectivity index (χ1n) is 5.71. The number of carboxylic acids is 1. The number of nitrogens with one attached hydrogen (secondary N) is 1. The van der Waals surface area contributed by atoms with Crippen molar-refractivity contribution in [2.45, 2.75) is 25.4 Å². The monoisotopic (exact) mass is 273 g/mol. The second-order valence-corrected chi connectivity index (χ2v) is 6.67. The van der Waals surface area contributed by atoms with Crippen LogP contribution in [-0.2, 0) is 16.4 Å². The molecular weight excluding hydrogens is 258 g/mol. The number of hydrogen-bond acceptors (Lipinski definition) is 5. The molecule has 1 saturated heterocycles. The van der Waals surface area contributed by atoms with E-state index in [9.17, 15) is 13.2 Å². The second-order valence-electron chi connectivity index (χ2n) is 4.37. The van der Waals surface area contributed by atoms with Crippen molar-refractivity contribution < 1.29 is 22.7 Å². The summed E-state index contributed by atoms with van der Waals surface area (Å²) >= 11 is 0. The van der Waals surface area contributed by atoms with E-state index in [4.69, 9.17) is 9.52 Å². The Morgan fingerprint density at radius 1 is 1.44 bits per heavy atom. The van der Waals surface area contributed by atoms with Crippen molar-refractivity contribution in [1.29, 1.82) is 0 Å². The van der Waals surface area contributed by atoms with E-state index in [0.29, 0.717) is 25.1 Å². The van der Waals surface area contributed by atoms with Crippen LogP contribution in [0.3, 0.4) is 0 Å². The number of carboxylic acid groups (broad SMARTS) is 1. The molecule has 7 heteroatoms. The number of hydrogen-bond donors (Lipinski definition) is 2. The fourth-order valence-corrected chi connectivity index (χ4v) is 3.49. The van der Waals surface area contributed by atoms with E-state index in [1.807, 2.05) is 0 Å². The van der Waals surface area contributed by atoms with Crippen LogP contribution < -0.4 is 5.32 Å². The van der Waals surface area contributed by atoms with Crippen molar-refractivity contribution in [3.8, 4) is 0 Å². The molecule has 0 amide bonds. The fourth-order valence-electron chi connectivity index (χ4n) is 2.00. The van der Waals surface area contributed by atoms with E-state index >= 15 is 0 Å². The minimum absolute atomic E-state index is 0.0975. The maximum atomic E-state index is 11.2. The van der Waals surface area contributed by atoms with Crippen molar-refractivity contribution in [2.24, 2.45) is 0 Å². The zero-order valence-corrected chi connectivity index (χ0v) is 10.6. The summed E-state index contributed by atoms with van der Waals surface area (Å²) in [5, 5.41) is 12.0. The van der Waals surface area contributed by atoms with E-state index in [2.05, 4.69) is 5.32 Å². The van der Waals surface area contributed by atoms with E-state index in [0.717, 1.165) is 0 Å². The summed E-state index contributed by atoms with van der Waals surface area (Å²) in [5.41, 5.74) is 0.144. The van der Waals surface area contributed by atoms with Crippen LogP contribution in [0, 0.1) is 0 Å². The highest BCUT2D eigenvalue weighted by atomic mass is 32.2. The Kier molecular flexibility index (Phi) is 3.72. The summed E-state index contributed by atoms with van der Waals surface area (Å²) in [4.78, 5) is 10.9. The SMILES string of the molecule is O=C(O)c1ccoc1CNC1CCS(=O)(=O)CC1. The summed E-state index contributed by atoms with van der Waals surface area (Å²) in [7, 11) is -2.87. The van der Waals surface area contributed by atoms with Crippen LogP contribution in [0.4, 0.5) is 0 Å². The van der Waals surface area contributed by atoms with Crippen LogP contribution in [0.2, 0.25) is 0 Å². The first kappa shape index (κ1) is 13.1. The quantitative estimate of drug-likeness (QED) is 0.836. The van der Waals surface area contributed by atoms with E-state index in [-0.39, 0.29) is 23.1 Å². The number of rotatable bonds is 4. The Balaban J connectivity index is 1.89. The fraction of sp³-hybridized carbons (Fsp3) is 0.545. The summed E-state index contributed by atoms with van der Waals surface area (Å²) in [5.74, 6) is -0.272. The maximum absolute atomic E-state index is 11.2. The molecule has 6 nitrogen and oxygen atoms in total. The largest absolute Gasteiger partial charge is 0.478 e. The minimum Gasteiger partial charge on any atom is -0.478 e. The van der Waals surface area contributed by atoms with Crippen LogP contribution in [0.25, 0.3) is 0 Å². The van der Waals surface area contributed by atoms with Gasteiger partial charge in [0.25, 0.3) is 0 Å². The molecule has 0 spiro atoms. The molecule has 0 aliphatic carbocycles. The average Bonchev–Trinajstić information content (AvgIpc) is 2.76. The Morgan fingerprint density at radius 2 is 2.11 bits per heavy atom. The third kappa shape index (κ3) is 3.11. The molecule has 0 bridgehead atoms. The molecule has 0 radical (unpaired) electrons. The second kappa shape index (κ2) is 5.11. The van der Waals surface area contributed by atoms with Gasteiger partial charge in [-0.15, -0.1) is 0 Å². The molecule has 2 rings (SSSR count). The number of aromatic carboxylic acids is 1. The van der Waals surface area contributed by atoms with Gasteiger partial charge in [0.15, 0.2) is 0 Å². The molecule has 1 aliphatic rings. The van der Waals surface area contributed by atoms with Crippen molar-refractivity contribution in [3.05, 3.63) is 23.7 Å². The van der Waals surface area contributed by atoms with Gasteiger partial charge in [0.2, 0.25) is 0 Å². The third-order valence-electron chi connectivity index (χ3n) is 3.08. The standard InChI is InChI=1S/C11H15NO5S/c13-11(14)9-1-4-17-10(9)7-12-8-2-5-18(15,16)6-3-8/h1,4,8,12H,2-3,5-7H2,(H,13,14). The lowest BCUT2D eigenvalue weighted by Crippen LogP contribution is -2.37. The summed E-state index contributed by atoms with van der Waals surface area (Å²) < 4.78 is 27.6. The molecule has 1 fully saturated rings. The van der Waals surface area contributed by atoms with E-state index in [1.54, 1.807) is 0 Å². The molecular formula is C11H15NO5S. The number of sulfone groups is 1. The summed E-state index contributed by atoms with van der Waals surface area (Å²) in [6.45, 7) is 0.305. The van der Waals surface area contributed by atoms with Crippen molar-refractivity contribution in [1.82, 2.24) is 5.32 Å². The zero-order chi connectivity index (χ0) is 13.2. The van der Waals surface area contributed by atoms with Crippen molar-refractivity contribution >= 4 is 15.8 Å². The van der Waals surface area contributed by atoms with Crippen LogP contribution in [0.1, 0.15) is 29.0 Å². The first-order valence-corrected chi connectivity index (χ1v) is 7.53. The number of furan rings is 1. The first-order chi connectivity index (χ1) is 8.48. The highest BCUT2D eigenvalue weighted by Crippen LogP contribution is 2.15. The molecule has 0 atom stereocenters. The molecule has 100 valence electrons. The van der Waals surface area contributed by atoms with Gasteiger partial charge in [0, 0.05) is 6.04 Å². The lowest BCUT2D eigenvalue weighted by atomic mass is 10.1. The van der Waals surface area contributed by atoms with Gasteiger partial charge in [0.1, 0.15) is 21.2 Å². The zero-order valence-electron chi connectivity index (χ0n) is 9.76. The highest BCUT2D eigenvalue weighted by Gasteiger charge is 2.23. The van der Waals surface area contributed by atoms with Gasteiger partial charge in [-0.25, -0.2) is 13.2 Å². The lowest BCUT2D eigenvalue weighted by Gasteiger charge is -2.22. The molecule has 18 heavy (non-hydrogen) atoms. The number of carbonyl (C=O) groups is 1. The van der Waals surface area contributed by atoms with E-state index < -0.39 is 15.8 Å². The van der Waals surface area contributed by atoms with E-state index in [1.165, 1.54) is 12.3 Å². The lowest BCUT2D eigenvalue weighted by molar-refractivity contribution is 0.0694. The normalized spacial score (nSPS) is 19.8. The Bertz CT molecular complexity index is 519. The van der Waals surface area contributed by atoms with Gasteiger partial charge < -0.3 is 14.8 Å². The van der Waals surface area contributed by atoms with Gasteiger partial charge >= 0.3 is 5.97 Å². The average molecular weight is 273 g/mol. The predicted octanol–water partition coefficient (Wildman–Crippen LogP) is 0.645. The maximum Gasteiger partial charge on any atom is 0.339 e. The molecule has 0 aromatic carbocycles. The van der Waals surface area contributed by atoms with Crippen LogP contribution >= 0.6 is 0 Å². The van der Waals surface area contributed by atoms with Gasteiger partial charge in [-0.05, 0) is 18.9 Å². The molecule has 0 unspecified atom stereocenters. The van der Waals surface area contributed by atoms with Gasteiger partial charge in [0.05, 0.1) is 24.3 Å². The van der Waals surface area contributed by atoms with Gasteiger partial charge in [-0.1, -0.05) is 0 Å². The predicted molar refractivity (Wildman–Crippen MR) is 64.2 cm³/mol. The van der Waals surface area contributed by atoms with Crippen molar-refractivity contribution in [3.63, 3.8) is 0 Å². The molecule has 1 aliphatic heterocycles. The van der Waals surface area contributed by atoms with Crippen LogP contribution in [0.5, 0.6) is 0 Å². The van der Waals surface area contributed by atoms with Crippen molar-refractivity contribution in [2.75, 3.05) is 11.5 Å². The summed E-state index contributed by atoms with van der Waals surface area (Å²) in [6.07, 6.45) is 2.46. The minimum atomic E-state index is -2.87. The Labute approximate surface area is 105 Å². The third-order valence-corrected chi connectivity index (χ3v) is 4.80. The smallest absolute Gasteiger partial charge is 0.339 e. The highest BCUT2D eigenvalue weighted by molar-refractivity contribution is 7.91. The molecule has 1 aromatic rings. The molecule has 2 N–H and O–H groups in total. The molecule has 2 heterocycles. The Morgan fingerprint density at radius 3 is 2.72 bits per heavy atom. The molecule has 1 aromatic heterocycles. The van der Waals surface area contributed by atoms with Gasteiger partial charge in [-0.3, -0.25) is 0 Å².